The van der Waals surface area contributed by atoms with Crippen LogP contribution in [0, 0.1) is 0 Å². The quantitative estimate of drug-likeness (QED) is 0.870. The lowest BCUT2D eigenvalue weighted by Gasteiger charge is -2.14. The minimum absolute atomic E-state index is 0.0870. The highest BCUT2D eigenvalue weighted by Gasteiger charge is 2.14. The Bertz CT molecular complexity index is 456. The minimum Gasteiger partial charge on any atom is -0.494 e. The molecule has 1 atom stereocenters. The van der Waals surface area contributed by atoms with Gasteiger partial charge in [-0.05, 0) is 31.2 Å². The molecular weight excluding hydrogens is 246 g/mol. The summed E-state index contributed by atoms with van der Waals surface area (Å²) in [5, 5.41) is 3.25. The SMILES string of the molecule is CCCOc1ccc(C(NC)c2cnsn2)cc1. The fourth-order valence-electron chi connectivity index (χ4n) is 1.76. The van der Waals surface area contributed by atoms with Crippen molar-refractivity contribution in [2.24, 2.45) is 0 Å². The van der Waals surface area contributed by atoms with Gasteiger partial charge < -0.3 is 10.1 Å². The number of aromatic nitrogens is 2. The molecule has 1 aromatic heterocycles. The second kappa shape index (κ2) is 6.47. The predicted octanol–water partition coefficient (Wildman–Crippen LogP) is 2.64. The standard InChI is InChI=1S/C13H17N3OS/c1-3-8-17-11-6-4-10(5-7-11)13(14-2)12-9-15-18-16-12/h4-7,9,13-14H,3,8H2,1-2H3. The van der Waals surface area contributed by atoms with Crippen LogP contribution in [0.4, 0.5) is 0 Å². The lowest BCUT2D eigenvalue weighted by atomic mass is 10.0. The first-order valence-electron chi connectivity index (χ1n) is 6.02. The van der Waals surface area contributed by atoms with E-state index >= 15 is 0 Å². The van der Waals surface area contributed by atoms with Crippen LogP contribution in [-0.4, -0.2) is 22.4 Å². The van der Waals surface area contributed by atoms with Crippen LogP contribution in [0.3, 0.4) is 0 Å². The summed E-state index contributed by atoms with van der Waals surface area (Å²) in [7, 11) is 1.92. The maximum absolute atomic E-state index is 5.57. The van der Waals surface area contributed by atoms with E-state index in [2.05, 4.69) is 33.1 Å². The molecule has 4 nitrogen and oxygen atoms in total. The molecule has 0 amide bonds. The van der Waals surface area contributed by atoms with E-state index in [0.29, 0.717) is 0 Å². The summed E-state index contributed by atoms with van der Waals surface area (Å²) in [6, 6.07) is 8.20. The molecular formula is C13H17N3OS. The highest BCUT2D eigenvalue weighted by Crippen LogP contribution is 2.22. The lowest BCUT2D eigenvalue weighted by Crippen LogP contribution is -2.17. The molecule has 0 fully saturated rings. The second-order valence-electron chi connectivity index (χ2n) is 3.97. The molecule has 1 N–H and O–H groups in total. The third kappa shape index (κ3) is 3.05. The molecule has 0 saturated heterocycles. The highest BCUT2D eigenvalue weighted by molar-refractivity contribution is 6.99. The van der Waals surface area contributed by atoms with E-state index in [4.69, 9.17) is 4.74 Å². The average molecular weight is 263 g/mol. The first-order chi connectivity index (χ1) is 8.85. The molecule has 0 aliphatic carbocycles. The molecule has 1 heterocycles. The van der Waals surface area contributed by atoms with E-state index in [1.807, 2.05) is 19.2 Å². The van der Waals surface area contributed by atoms with Gasteiger partial charge >= 0.3 is 0 Å². The summed E-state index contributed by atoms with van der Waals surface area (Å²) in [6.45, 7) is 2.85. The van der Waals surface area contributed by atoms with Crippen LogP contribution < -0.4 is 10.1 Å². The third-order valence-corrected chi connectivity index (χ3v) is 3.14. The van der Waals surface area contributed by atoms with Gasteiger partial charge in [0.15, 0.2) is 0 Å². The zero-order valence-electron chi connectivity index (χ0n) is 10.6. The van der Waals surface area contributed by atoms with Gasteiger partial charge in [-0.15, -0.1) is 0 Å². The van der Waals surface area contributed by atoms with Crippen molar-refractivity contribution in [2.75, 3.05) is 13.7 Å². The van der Waals surface area contributed by atoms with Gasteiger partial charge in [0.05, 0.1) is 36.3 Å². The lowest BCUT2D eigenvalue weighted by molar-refractivity contribution is 0.317. The number of rotatable bonds is 6. The minimum atomic E-state index is 0.0870. The van der Waals surface area contributed by atoms with E-state index in [9.17, 15) is 0 Å². The van der Waals surface area contributed by atoms with Crippen LogP contribution in [0.1, 0.15) is 30.6 Å². The Kier molecular flexibility index (Phi) is 4.66. The number of nitrogens with one attached hydrogen (secondary N) is 1. The number of hydrogen-bond donors (Lipinski definition) is 1. The Morgan fingerprint density at radius 1 is 1.33 bits per heavy atom. The highest BCUT2D eigenvalue weighted by atomic mass is 32.1. The predicted molar refractivity (Wildman–Crippen MR) is 73.0 cm³/mol. The normalized spacial score (nSPS) is 12.3. The molecule has 1 unspecified atom stereocenters. The van der Waals surface area contributed by atoms with Crippen molar-refractivity contribution in [1.29, 1.82) is 0 Å². The topological polar surface area (TPSA) is 47.0 Å². The maximum Gasteiger partial charge on any atom is 0.119 e. The first kappa shape index (κ1) is 13.0. The zero-order chi connectivity index (χ0) is 12.8. The van der Waals surface area contributed by atoms with Crippen LogP contribution in [0.15, 0.2) is 30.5 Å². The Morgan fingerprint density at radius 3 is 2.67 bits per heavy atom. The van der Waals surface area contributed by atoms with Crippen molar-refractivity contribution in [3.63, 3.8) is 0 Å². The Balaban J connectivity index is 2.12. The molecule has 0 aliphatic rings. The monoisotopic (exact) mass is 263 g/mol. The van der Waals surface area contributed by atoms with E-state index in [1.54, 1.807) is 6.20 Å². The molecule has 1 aromatic carbocycles. The largest absolute Gasteiger partial charge is 0.494 e. The van der Waals surface area contributed by atoms with Crippen molar-refractivity contribution < 1.29 is 4.74 Å². The van der Waals surface area contributed by atoms with Gasteiger partial charge in [-0.1, -0.05) is 19.1 Å². The summed E-state index contributed by atoms with van der Waals surface area (Å²) in [5.74, 6) is 0.909. The van der Waals surface area contributed by atoms with Crippen molar-refractivity contribution >= 4 is 11.7 Å². The van der Waals surface area contributed by atoms with Gasteiger partial charge in [-0.2, -0.15) is 8.75 Å². The summed E-state index contributed by atoms with van der Waals surface area (Å²) in [6.07, 6.45) is 2.82. The molecule has 96 valence electrons. The van der Waals surface area contributed by atoms with Gasteiger partial charge in [-0.25, -0.2) is 0 Å². The average Bonchev–Trinajstić information content (AvgIpc) is 2.93. The summed E-state index contributed by atoms with van der Waals surface area (Å²) in [4.78, 5) is 0. The van der Waals surface area contributed by atoms with Gasteiger partial charge in [0.25, 0.3) is 0 Å². The van der Waals surface area contributed by atoms with Crippen LogP contribution >= 0.6 is 11.7 Å². The van der Waals surface area contributed by atoms with Gasteiger partial charge in [-0.3, -0.25) is 0 Å². The van der Waals surface area contributed by atoms with Crippen LogP contribution in [0.25, 0.3) is 0 Å². The number of nitrogens with zero attached hydrogens (tertiary/aromatic N) is 2. The molecule has 2 rings (SSSR count). The smallest absolute Gasteiger partial charge is 0.119 e. The third-order valence-electron chi connectivity index (χ3n) is 2.65. The maximum atomic E-state index is 5.57. The van der Waals surface area contributed by atoms with Crippen molar-refractivity contribution in [1.82, 2.24) is 14.1 Å². The number of hydrogen-bond acceptors (Lipinski definition) is 5. The van der Waals surface area contributed by atoms with Gasteiger partial charge in [0, 0.05) is 0 Å². The summed E-state index contributed by atoms with van der Waals surface area (Å²) in [5.41, 5.74) is 2.11. The Hall–Kier alpha value is -1.46. The van der Waals surface area contributed by atoms with Crippen molar-refractivity contribution in [3.8, 4) is 5.75 Å². The molecule has 0 bridgehead atoms. The van der Waals surface area contributed by atoms with Crippen LogP contribution in [0.5, 0.6) is 5.75 Å². The molecule has 0 spiro atoms. The fourth-order valence-corrected chi connectivity index (χ4v) is 2.21. The van der Waals surface area contributed by atoms with Crippen LogP contribution in [0.2, 0.25) is 0 Å². The molecule has 0 radical (unpaired) electrons. The Morgan fingerprint density at radius 2 is 2.11 bits per heavy atom. The number of ether oxygens (including phenoxy) is 1. The fraction of sp³-hybridized carbons (Fsp3) is 0.385. The summed E-state index contributed by atoms with van der Waals surface area (Å²) >= 11 is 1.23. The van der Waals surface area contributed by atoms with Gasteiger partial charge in [0.1, 0.15) is 5.75 Å². The molecule has 18 heavy (non-hydrogen) atoms. The molecule has 5 heteroatoms. The summed E-state index contributed by atoms with van der Waals surface area (Å²) < 4.78 is 13.9. The second-order valence-corrected chi connectivity index (χ2v) is 4.53. The van der Waals surface area contributed by atoms with E-state index in [-0.39, 0.29) is 6.04 Å². The Labute approximate surface area is 111 Å². The van der Waals surface area contributed by atoms with Crippen molar-refractivity contribution in [3.05, 3.63) is 41.7 Å². The van der Waals surface area contributed by atoms with Crippen LogP contribution in [-0.2, 0) is 0 Å². The first-order valence-corrected chi connectivity index (χ1v) is 6.75. The van der Waals surface area contributed by atoms with E-state index in [1.165, 1.54) is 11.7 Å². The van der Waals surface area contributed by atoms with E-state index < -0.39 is 0 Å². The van der Waals surface area contributed by atoms with Gasteiger partial charge in [0.2, 0.25) is 0 Å². The van der Waals surface area contributed by atoms with Crippen molar-refractivity contribution in [2.45, 2.75) is 19.4 Å². The molecule has 2 aromatic rings. The van der Waals surface area contributed by atoms with E-state index in [0.717, 1.165) is 30.0 Å². The molecule has 0 aliphatic heterocycles. The number of benzene rings is 1. The molecule has 0 saturated carbocycles. The zero-order valence-corrected chi connectivity index (χ0v) is 11.4.